The monoisotopic (exact) mass is 296 g/mol. The molecule has 2 aromatic carbocycles. The van der Waals surface area contributed by atoms with Crippen LogP contribution in [0.4, 0.5) is 4.39 Å². The number of hydrogen-bond donors (Lipinski definition) is 1. The zero-order valence-corrected chi connectivity index (χ0v) is 12.0. The maximum atomic E-state index is 13.6. The van der Waals surface area contributed by atoms with E-state index in [1.165, 1.54) is 17.8 Å². The van der Waals surface area contributed by atoms with E-state index in [4.69, 9.17) is 11.6 Å². The van der Waals surface area contributed by atoms with Crippen molar-refractivity contribution in [1.82, 2.24) is 0 Å². The van der Waals surface area contributed by atoms with Crippen LogP contribution in [-0.4, -0.2) is 5.11 Å². The largest absolute Gasteiger partial charge is 0.389 e. The summed E-state index contributed by atoms with van der Waals surface area (Å²) in [6, 6.07) is 12.3. The van der Waals surface area contributed by atoms with Crippen molar-refractivity contribution < 1.29 is 9.50 Å². The second-order valence-corrected chi connectivity index (χ2v) is 5.69. The Morgan fingerprint density at radius 3 is 2.47 bits per heavy atom. The Hall–Kier alpha value is -1.03. The molecule has 1 N–H and O–H groups in total. The van der Waals surface area contributed by atoms with Crippen LogP contribution in [0, 0.1) is 5.82 Å². The molecule has 4 heteroatoms. The maximum absolute atomic E-state index is 13.6. The molecule has 19 heavy (non-hydrogen) atoms. The van der Waals surface area contributed by atoms with Crippen LogP contribution in [0.3, 0.4) is 0 Å². The lowest BCUT2D eigenvalue weighted by atomic mass is 10.1. The van der Waals surface area contributed by atoms with Crippen LogP contribution < -0.4 is 0 Å². The van der Waals surface area contributed by atoms with E-state index in [0.29, 0.717) is 16.3 Å². The summed E-state index contributed by atoms with van der Waals surface area (Å²) in [5, 5.41) is 9.87. The lowest BCUT2D eigenvalue weighted by molar-refractivity contribution is 0.199. The Kier molecular flexibility index (Phi) is 4.86. The highest BCUT2D eigenvalue weighted by Crippen LogP contribution is 2.29. The van der Waals surface area contributed by atoms with Gasteiger partial charge in [-0.15, -0.1) is 11.8 Å². The first kappa shape index (κ1) is 14.4. The fourth-order valence-electron chi connectivity index (χ4n) is 1.67. The van der Waals surface area contributed by atoms with Crippen LogP contribution in [0.15, 0.2) is 47.4 Å². The maximum Gasteiger partial charge on any atom is 0.128 e. The van der Waals surface area contributed by atoms with Gasteiger partial charge in [0.15, 0.2) is 0 Å². The molecule has 0 bridgehead atoms. The van der Waals surface area contributed by atoms with Crippen molar-refractivity contribution in [2.75, 3.05) is 0 Å². The molecule has 0 heterocycles. The molecule has 100 valence electrons. The summed E-state index contributed by atoms with van der Waals surface area (Å²) in [6.45, 7) is 1.72. The first-order valence-corrected chi connectivity index (χ1v) is 7.28. The first-order valence-electron chi connectivity index (χ1n) is 5.91. The number of halogens is 2. The summed E-state index contributed by atoms with van der Waals surface area (Å²) in [6.07, 6.45) is -0.472. The minimum absolute atomic E-state index is 0.277. The van der Waals surface area contributed by atoms with E-state index in [9.17, 15) is 9.50 Å². The molecular weight excluding hydrogens is 283 g/mol. The highest BCUT2D eigenvalue weighted by molar-refractivity contribution is 7.98. The van der Waals surface area contributed by atoms with E-state index in [0.717, 1.165) is 10.5 Å². The van der Waals surface area contributed by atoms with Gasteiger partial charge in [0.25, 0.3) is 0 Å². The average Bonchev–Trinajstić information content (AvgIpc) is 2.38. The summed E-state index contributed by atoms with van der Waals surface area (Å²) in [7, 11) is 0. The van der Waals surface area contributed by atoms with Crippen molar-refractivity contribution >= 4 is 23.4 Å². The summed E-state index contributed by atoms with van der Waals surface area (Å²) < 4.78 is 13.6. The highest BCUT2D eigenvalue weighted by atomic mass is 35.5. The van der Waals surface area contributed by atoms with Crippen molar-refractivity contribution in [2.45, 2.75) is 23.7 Å². The molecule has 0 spiro atoms. The molecule has 1 unspecified atom stereocenters. The normalized spacial score (nSPS) is 12.4. The van der Waals surface area contributed by atoms with Gasteiger partial charge in [0.1, 0.15) is 5.82 Å². The van der Waals surface area contributed by atoms with Crippen molar-refractivity contribution in [3.05, 3.63) is 64.4 Å². The van der Waals surface area contributed by atoms with E-state index in [1.54, 1.807) is 19.1 Å². The van der Waals surface area contributed by atoms with Crippen LogP contribution in [-0.2, 0) is 5.75 Å². The summed E-state index contributed by atoms with van der Waals surface area (Å²) in [4.78, 5) is 1.02. The molecule has 0 aliphatic rings. The smallest absolute Gasteiger partial charge is 0.128 e. The second kappa shape index (κ2) is 6.42. The lowest BCUT2D eigenvalue weighted by Gasteiger charge is -2.08. The molecule has 0 aliphatic heterocycles. The van der Waals surface area contributed by atoms with Crippen molar-refractivity contribution in [2.24, 2.45) is 0 Å². The molecule has 0 saturated heterocycles. The van der Waals surface area contributed by atoms with E-state index in [2.05, 4.69) is 0 Å². The Morgan fingerprint density at radius 1 is 1.21 bits per heavy atom. The van der Waals surface area contributed by atoms with Crippen LogP contribution in [0.1, 0.15) is 24.2 Å². The van der Waals surface area contributed by atoms with Gasteiger partial charge in [0.2, 0.25) is 0 Å². The van der Waals surface area contributed by atoms with Gasteiger partial charge in [-0.25, -0.2) is 4.39 Å². The highest BCUT2D eigenvalue weighted by Gasteiger charge is 2.07. The van der Waals surface area contributed by atoms with Gasteiger partial charge in [-0.05, 0) is 36.8 Å². The van der Waals surface area contributed by atoms with Gasteiger partial charge in [0.05, 0.1) is 6.10 Å². The average molecular weight is 297 g/mol. The third kappa shape index (κ3) is 3.72. The van der Waals surface area contributed by atoms with E-state index >= 15 is 0 Å². The predicted molar refractivity (Wildman–Crippen MR) is 78.0 cm³/mol. The molecule has 0 saturated carbocycles. The number of rotatable bonds is 4. The Balaban J connectivity index is 2.06. The van der Waals surface area contributed by atoms with Gasteiger partial charge >= 0.3 is 0 Å². The quantitative estimate of drug-likeness (QED) is 0.816. The van der Waals surface area contributed by atoms with Crippen molar-refractivity contribution in [3.8, 4) is 0 Å². The first-order chi connectivity index (χ1) is 9.08. The standard InChI is InChI=1S/C15H14ClFOS/c1-10(18)11-5-7-12(8-6-11)19-9-13-14(16)3-2-4-15(13)17/h2-8,10,18H,9H2,1H3. The van der Waals surface area contributed by atoms with Crippen molar-refractivity contribution in [3.63, 3.8) is 0 Å². The second-order valence-electron chi connectivity index (χ2n) is 4.23. The number of aliphatic hydroxyl groups is 1. The van der Waals surface area contributed by atoms with Crippen LogP contribution >= 0.6 is 23.4 Å². The number of aliphatic hydroxyl groups excluding tert-OH is 1. The summed E-state index contributed by atoms with van der Waals surface area (Å²) in [5.74, 6) is 0.208. The Bertz CT molecular complexity index is 534. The van der Waals surface area contributed by atoms with E-state index in [-0.39, 0.29) is 5.82 Å². The molecule has 0 aliphatic carbocycles. The summed E-state index contributed by atoms with van der Waals surface area (Å²) in [5.41, 5.74) is 1.39. The molecule has 1 nitrogen and oxygen atoms in total. The molecule has 0 fully saturated rings. The van der Waals surface area contributed by atoms with Crippen LogP contribution in [0.25, 0.3) is 0 Å². The van der Waals surface area contributed by atoms with Crippen LogP contribution in [0.2, 0.25) is 5.02 Å². The van der Waals surface area contributed by atoms with Gasteiger partial charge in [-0.2, -0.15) is 0 Å². The SMILES string of the molecule is CC(O)c1ccc(SCc2c(F)cccc2Cl)cc1. The zero-order chi connectivity index (χ0) is 13.8. The molecule has 0 amide bonds. The molecular formula is C15H14ClFOS. The number of benzene rings is 2. The van der Waals surface area contributed by atoms with Crippen molar-refractivity contribution in [1.29, 1.82) is 0 Å². The molecule has 2 rings (SSSR count). The minimum Gasteiger partial charge on any atom is -0.389 e. The fraction of sp³-hybridized carbons (Fsp3) is 0.200. The molecule has 1 atom stereocenters. The third-order valence-corrected chi connectivity index (χ3v) is 4.20. The lowest BCUT2D eigenvalue weighted by Crippen LogP contribution is -1.91. The summed E-state index contributed by atoms with van der Waals surface area (Å²) >= 11 is 7.49. The van der Waals surface area contributed by atoms with Gasteiger partial charge < -0.3 is 5.11 Å². The van der Waals surface area contributed by atoms with E-state index in [1.807, 2.05) is 24.3 Å². The van der Waals surface area contributed by atoms with Gasteiger partial charge in [-0.3, -0.25) is 0 Å². The van der Waals surface area contributed by atoms with Gasteiger partial charge in [-0.1, -0.05) is 29.8 Å². The predicted octanol–water partition coefficient (Wildman–Crippen LogP) is 4.82. The molecule has 2 aromatic rings. The number of hydrogen-bond acceptors (Lipinski definition) is 2. The Labute approximate surface area is 121 Å². The molecule has 0 radical (unpaired) electrons. The Morgan fingerprint density at radius 2 is 1.89 bits per heavy atom. The number of thioether (sulfide) groups is 1. The van der Waals surface area contributed by atoms with Gasteiger partial charge in [0, 0.05) is 21.2 Å². The van der Waals surface area contributed by atoms with E-state index < -0.39 is 6.10 Å². The minimum atomic E-state index is -0.472. The van der Waals surface area contributed by atoms with Crippen LogP contribution in [0.5, 0.6) is 0 Å². The third-order valence-electron chi connectivity index (χ3n) is 2.81. The fourth-order valence-corrected chi connectivity index (χ4v) is 2.91. The topological polar surface area (TPSA) is 20.2 Å². The molecule has 0 aromatic heterocycles. The zero-order valence-electron chi connectivity index (χ0n) is 10.4.